The van der Waals surface area contributed by atoms with Crippen molar-refractivity contribution >= 4 is 23.0 Å². The zero-order valence-electron chi connectivity index (χ0n) is 14.8. The van der Waals surface area contributed by atoms with Crippen LogP contribution < -0.4 is 5.43 Å². The van der Waals surface area contributed by atoms with Crippen LogP contribution in [0.2, 0.25) is 0 Å². The fourth-order valence-electron chi connectivity index (χ4n) is 3.83. The Kier molecular flexibility index (Phi) is 4.82. The maximum atomic E-state index is 12.2. The molecule has 1 heterocycles. The van der Waals surface area contributed by atoms with Gasteiger partial charge in [-0.05, 0) is 42.9 Å². The first-order valence-corrected chi connectivity index (χ1v) is 9.29. The molecular formula is C22H23N3O. The highest BCUT2D eigenvalue weighted by atomic mass is 16.2. The molecule has 3 aromatic rings. The van der Waals surface area contributed by atoms with Gasteiger partial charge in [0.05, 0.1) is 6.21 Å². The molecule has 1 aliphatic rings. The van der Waals surface area contributed by atoms with Crippen LogP contribution in [0.1, 0.15) is 36.1 Å². The van der Waals surface area contributed by atoms with Crippen LogP contribution in [-0.4, -0.2) is 16.7 Å². The van der Waals surface area contributed by atoms with Crippen LogP contribution in [0, 0.1) is 0 Å². The van der Waals surface area contributed by atoms with E-state index in [4.69, 9.17) is 0 Å². The van der Waals surface area contributed by atoms with Crippen LogP contribution in [0.25, 0.3) is 10.9 Å². The molecule has 2 aromatic carbocycles. The summed E-state index contributed by atoms with van der Waals surface area (Å²) in [5.41, 5.74) is 7.76. The van der Waals surface area contributed by atoms with Crippen LogP contribution in [0.15, 0.2) is 59.7 Å². The number of carbonyl (C=O) groups is 1. The zero-order valence-corrected chi connectivity index (χ0v) is 14.8. The summed E-state index contributed by atoms with van der Waals surface area (Å²) < 4.78 is 2.34. The van der Waals surface area contributed by atoms with Gasteiger partial charge in [0.25, 0.3) is 0 Å². The number of benzene rings is 2. The molecule has 0 aliphatic heterocycles. The number of nitrogens with one attached hydrogen (secondary N) is 1. The maximum Gasteiger partial charge on any atom is 0.241 e. The van der Waals surface area contributed by atoms with E-state index in [1.54, 1.807) is 6.21 Å². The van der Waals surface area contributed by atoms with Gasteiger partial charge in [0.2, 0.25) is 5.91 Å². The number of aromatic nitrogens is 1. The van der Waals surface area contributed by atoms with Crippen molar-refractivity contribution in [2.24, 2.45) is 5.10 Å². The molecule has 0 saturated carbocycles. The number of para-hydroxylation sites is 1. The molecule has 0 spiro atoms. The average molecular weight is 345 g/mol. The van der Waals surface area contributed by atoms with Gasteiger partial charge in [0.1, 0.15) is 0 Å². The van der Waals surface area contributed by atoms with E-state index in [2.05, 4.69) is 39.4 Å². The Morgan fingerprint density at radius 1 is 1.04 bits per heavy atom. The minimum absolute atomic E-state index is 0.0560. The highest BCUT2D eigenvalue weighted by Gasteiger charge is 2.19. The second-order valence-electron chi connectivity index (χ2n) is 6.76. The average Bonchev–Trinajstić information content (AvgIpc) is 3.01. The first kappa shape index (κ1) is 16.6. The highest BCUT2D eigenvalue weighted by Crippen LogP contribution is 2.32. The van der Waals surface area contributed by atoms with Gasteiger partial charge in [-0.3, -0.25) is 4.79 Å². The monoisotopic (exact) mass is 345 g/mol. The molecule has 1 aliphatic carbocycles. The summed E-state index contributed by atoms with van der Waals surface area (Å²) >= 11 is 0. The van der Waals surface area contributed by atoms with Crippen molar-refractivity contribution in [1.29, 1.82) is 0 Å². The van der Waals surface area contributed by atoms with Crippen molar-refractivity contribution < 1.29 is 4.79 Å². The molecule has 0 atom stereocenters. The summed E-state index contributed by atoms with van der Waals surface area (Å²) in [6.45, 7) is 0.697. The van der Waals surface area contributed by atoms with Gasteiger partial charge >= 0.3 is 0 Å². The van der Waals surface area contributed by atoms with E-state index in [9.17, 15) is 4.79 Å². The van der Waals surface area contributed by atoms with Crippen LogP contribution in [-0.2, 0) is 24.2 Å². The van der Waals surface area contributed by atoms with E-state index in [0.29, 0.717) is 13.0 Å². The molecule has 26 heavy (non-hydrogen) atoms. The van der Waals surface area contributed by atoms with E-state index >= 15 is 0 Å². The van der Waals surface area contributed by atoms with E-state index in [-0.39, 0.29) is 5.91 Å². The maximum absolute atomic E-state index is 12.2. The standard InChI is InChI=1S/C22H23N3O/c26-22(24-23-16-17-8-2-1-3-9-17)14-15-25-20-12-6-4-10-18(20)19-11-5-7-13-21(19)25/h1-4,6,8-10,12,16H,5,7,11,13-15H2,(H,24,26). The van der Waals surface area contributed by atoms with Gasteiger partial charge < -0.3 is 4.57 Å². The molecule has 0 fully saturated rings. The zero-order chi connectivity index (χ0) is 17.8. The van der Waals surface area contributed by atoms with Crippen LogP contribution in [0.3, 0.4) is 0 Å². The van der Waals surface area contributed by atoms with Crippen molar-refractivity contribution in [1.82, 2.24) is 9.99 Å². The summed E-state index contributed by atoms with van der Waals surface area (Å²) in [5.74, 6) is -0.0560. The topological polar surface area (TPSA) is 46.4 Å². The number of hydrogen-bond donors (Lipinski definition) is 1. The third-order valence-electron chi connectivity index (χ3n) is 5.05. The molecule has 0 unspecified atom stereocenters. The number of amides is 1. The van der Waals surface area contributed by atoms with Crippen molar-refractivity contribution in [2.45, 2.75) is 38.6 Å². The van der Waals surface area contributed by atoms with Gasteiger partial charge in [-0.15, -0.1) is 0 Å². The predicted molar refractivity (Wildman–Crippen MR) is 105 cm³/mol. The number of fused-ring (bicyclic) bond motifs is 3. The number of nitrogens with zero attached hydrogens (tertiary/aromatic N) is 2. The molecule has 0 bridgehead atoms. The molecule has 4 rings (SSSR count). The summed E-state index contributed by atoms with van der Waals surface area (Å²) in [6, 6.07) is 18.3. The Morgan fingerprint density at radius 3 is 2.69 bits per heavy atom. The third kappa shape index (κ3) is 3.40. The minimum Gasteiger partial charge on any atom is -0.344 e. The van der Waals surface area contributed by atoms with Gasteiger partial charge in [0.15, 0.2) is 0 Å². The SMILES string of the molecule is O=C(CCn1c2c(c3ccccc31)CCCC2)NN=Cc1ccccc1. The summed E-state index contributed by atoms with van der Waals surface area (Å²) in [5, 5.41) is 5.41. The largest absolute Gasteiger partial charge is 0.344 e. The number of carbonyl (C=O) groups excluding carboxylic acids is 1. The number of hydrazone groups is 1. The highest BCUT2D eigenvalue weighted by molar-refractivity contribution is 5.86. The smallest absolute Gasteiger partial charge is 0.241 e. The molecule has 4 nitrogen and oxygen atoms in total. The number of rotatable bonds is 5. The third-order valence-corrected chi connectivity index (χ3v) is 5.05. The molecule has 132 valence electrons. The quantitative estimate of drug-likeness (QED) is 0.550. The number of hydrogen-bond acceptors (Lipinski definition) is 2. The van der Waals surface area contributed by atoms with Crippen molar-refractivity contribution in [3.63, 3.8) is 0 Å². The van der Waals surface area contributed by atoms with Crippen LogP contribution >= 0.6 is 0 Å². The second-order valence-corrected chi connectivity index (χ2v) is 6.76. The first-order chi connectivity index (χ1) is 12.8. The van der Waals surface area contributed by atoms with E-state index in [0.717, 1.165) is 18.4 Å². The molecule has 0 radical (unpaired) electrons. The molecule has 1 N–H and O–H groups in total. The van der Waals surface area contributed by atoms with Gasteiger partial charge in [-0.2, -0.15) is 5.10 Å². The lowest BCUT2D eigenvalue weighted by Gasteiger charge is -2.15. The lowest BCUT2D eigenvalue weighted by molar-refractivity contribution is -0.121. The van der Waals surface area contributed by atoms with E-state index in [1.807, 2.05) is 30.3 Å². The summed E-state index contributed by atoms with van der Waals surface area (Å²) in [7, 11) is 0. The van der Waals surface area contributed by atoms with Crippen LogP contribution in [0.5, 0.6) is 0 Å². The minimum atomic E-state index is -0.0560. The lowest BCUT2D eigenvalue weighted by atomic mass is 9.95. The van der Waals surface area contributed by atoms with Gasteiger partial charge in [0, 0.05) is 29.6 Å². The Balaban J connectivity index is 1.45. The Bertz CT molecular complexity index is 941. The second kappa shape index (κ2) is 7.56. The van der Waals surface area contributed by atoms with Crippen molar-refractivity contribution in [3.8, 4) is 0 Å². The predicted octanol–water partition coefficient (Wildman–Crippen LogP) is 4.06. The summed E-state index contributed by atoms with van der Waals surface area (Å²) in [4.78, 5) is 12.2. The molecule has 1 amide bonds. The Morgan fingerprint density at radius 2 is 1.81 bits per heavy atom. The van der Waals surface area contributed by atoms with Gasteiger partial charge in [-0.25, -0.2) is 5.43 Å². The Hall–Kier alpha value is -2.88. The molecule has 4 heteroatoms. The molecule has 0 saturated heterocycles. The van der Waals surface area contributed by atoms with Crippen molar-refractivity contribution in [2.75, 3.05) is 0 Å². The van der Waals surface area contributed by atoms with Gasteiger partial charge in [-0.1, -0.05) is 48.5 Å². The molecular weight excluding hydrogens is 322 g/mol. The lowest BCUT2D eigenvalue weighted by Crippen LogP contribution is -2.20. The summed E-state index contributed by atoms with van der Waals surface area (Å²) in [6.07, 6.45) is 6.85. The van der Waals surface area contributed by atoms with Crippen LogP contribution in [0.4, 0.5) is 0 Å². The normalized spacial score (nSPS) is 13.8. The van der Waals surface area contributed by atoms with E-state index < -0.39 is 0 Å². The van der Waals surface area contributed by atoms with E-state index in [1.165, 1.54) is 35.0 Å². The fourth-order valence-corrected chi connectivity index (χ4v) is 3.83. The first-order valence-electron chi connectivity index (χ1n) is 9.29. The van der Waals surface area contributed by atoms with Crippen molar-refractivity contribution in [3.05, 3.63) is 71.4 Å². The number of aryl methyl sites for hydroxylation is 2. The Labute approximate surface area is 153 Å². The fraction of sp³-hybridized carbons (Fsp3) is 0.273. The molecule has 1 aromatic heterocycles.